The van der Waals surface area contributed by atoms with Gasteiger partial charge in [0.15, 0.2) is 0 Å². The van der Waals surface area contributed by atoms with E-state index in [0.29, 0.717) is 0 Å². The number of aromatic nitrogens is 2. The Morgan fingerprint density at radius 2 is 1.93 bits per heavy atom. The number of hydrogen-bond acceptors (Lipinski definition) is 2. The van der Waals surface area contributed by atoms with Gasteiger partial charge in [0.2, 0.25) is 0 Å². The van der Waals surface area contributed by atoms with Crippen molar-refractivity contribution in [3.8, 4) is 0 Å². The van der Waals surface area contributed by atoms with Gasteiger partial charge in [0, 0.05) is 6.20 Å². The van der Waals surface area contributed by atoms with Gasteiger partial charge >= 0.3 is 0 Å². The van der Waals surface area contributed by atoms with Gasteiger partial charge in [-0.25, -0.2) is 4.39 Å². The zero-order valence-electron chi connectivity index (χ0n) is 7.44. The second-order valence-corrected chi connectivity index (χ2v) is 3.04. The molecule has 1 aromatic heterocycles. The minimum absolute atomic E-state index is 0.259. The lowest BCUT2D eigenvalue weighted by Crippen LogP contribution is -2.12. The van der Waals surface area contributed by atoms with Crippen LogP contribution in [0.3, 0.4) is 0 Å². The summed E-state index contributed by atoms with van der Waals surface area (Å²) in [4.78, 5) is 0. The van der Waals surface area contributed by atoms with Gasteiger partial charge in [-0.2, -0.15) is 5.10 Å². The number of hydrogen-bond donors (Lipinski definition) is 2. The lowest BCUT2D eigenvalue weighted by atomic mass is 10.1. The van der Waals surface area contributed by atoms with Crippen LogP contribution in [-0.4, -0.2) is 10.2 Å². The molecule has 0 saturated heterocycles. The first-order valence-electron chi connectivity index (χ1n) is 4.27. The first-order chi connectivity index (χ1) is 6.77. The number of nitrogens with zero attached hydrogens (tertiary/aromatic N) is 1. The molecule has 0 saturated carbocycles. The van der Waals surface area contributed by atoms with Crippen LogP contribution < -0.4 is 5.73 Å². The number of halogens is 1. The molecule has 0 amide bonds. The fourth-order valence-electron chi connectivity index (χ4n) is 1.29. The average Bonchev–Trinajstić information content (AvgIpc) is 2.71. The minimum atomic E-state index is -0.280. The van der Waals surface area contributed by atoms with E-state index in [0.717, 1.165) is 11.3 Å². The van der Waals surface area contributed by atoms with Crippen LogP contribution >= 0.6 is 0 Å². The van der Waals surface area contributed by atoms with Crippen LogP contribution in [0.15, 0.2) is 36.5 Å². The van der Waals surface area contributed by atoms with Crippen molar-refractivity contribution >= 4 is 0 Å². The van der Waals surface area contributed by atoms with Gasteiger partial charge in [-0.05, 0) is 23.8 Å². The number of aromatic amines is 1. The van der Waals surface area contributed by atoms with Crippen molar-refractivity contribution in [3.05, 3.63) is 53.6 Å². The fourth-order valence-corrected chi connectivity index (χ4v) is 1.29. The Morgan fingerprint density at radius 3 is 2.50 bits per heavy atom. The first-order valence-corrected chi connectivity index (χ1v) is 4.27. The third-order valence-corrected chi connectivity index (χ3v) is 2.09. The molecule has 0 aliphatic rings. The molecule has 3 nitrogen and oxygen atoms in total. The lowest BCUT2D eigenvalue weighted by molar-refractivity contribution is 0.626. The van der Waals surface area contributed by atoms with Crippen molar-refractivity contribution < 1.29 is 4.39 Å². The maximum Gasteiger partial charge on any atom is 0.123 e. The molecule has 1 heterocycles. The molecule has 0 aliphatic carbocycles. The standard InChI is InChI=1S/C10H10FN3/c11-8-3-1-7(2-4-8)10(12)9-5-6-13-14-9/h1-6,10H,12H2,(H,13,14). The quantitative estimate of drug-likeness (QED) is 0.757. The van der Waals surface area contributed by atoms with Crippen LogP contribution in [0.4, 0.5) is 4.39 Å². The summed E-state index contributed by atoms with van der Waals surface area (Å²) in [5, 5.41) is 6.59. The zero-order chi connectivity index (χ0) is 9.97. The molecule has 0 fully saturated rings. The van der Waals surface area contributed by atoms with Crippen LogP contribution in [0.5, 0.6) is 0 Å². The molecule has 2 aromatic rings. The molecule has 4 heteroatoms. The Labute approximate surface area is 80.8 Å². The number of nitrogens with one attached hydrogen (secondary N) is 1. The molecular formula is C10H10FN3. The van der Waals surface area contributed by atoms with E-state index in [9.17, 15) is 4.39 Å². The summed E-state index contributed by atoms with van der Waals surface area (Å²) in [6, 6.07) is 7.64. The summed E-state index contributed by atoms with van der Waals surface area (Å²) in [5.41, 5.74) is 7.59. The average molecular weight is 191 g/mol. The van der Waals surface area contributed by atoms with Gasteiger partial charge < -0.3 is 5.73 Å². The third-order valence-electron chi connectivity index (χ3n) is 2.09. The summed E-state index contributed by atoms with van der Waals surface area (Å²) >= 11 is 0. The minimum Gasteiger partial charge on any atom is -0.319 e. The van der Waals surface area contributed by atoms with Gasteiger partial charge in [0.1, 0.15) is 5.82 Å². The zero-order valence-corrected chi connectivity index (χ0v) is 7.44. The molecule has 1 unspecified atom stereocenters. The molecule has 1 aromatic carbocycles. The maximum atomic E-state index is 12.6. The van der Waals surface area contributed by atoms with Crippen molar-refractivity contribution in [2.75, 3.05) is 0 Å². The van der Waals surface area contributed by atoms with E-state index < -0.39 is 0 Å². The molecule has 72 valence electrons. The number of rotatable bonds is 2. The highest BCUT2D eigenvalue weighted by molar-refractivity contribution is 5.26. The molecular weight excluding hydrogens is 181 g/mol. The van der Waals surface area contributed by atoms with Crippen LogP contribution in [0.25, 0.3) is 0 Å². The summed E-state index contributed by atoms with van der Waals surface area (Å²) in [7, 11) is 0. The van der Waals surface area contributed by atoms with Crippen LogP contribution in [0, 0.1) is 5.82 Å². The molecule has 2 rings (SSSR count). The Hall–Kier alpha value is -1.68. The number of benzene rings is 1. The Kier molecular flexibility index (Phi) is 2.28. The monoisotopic (exact) mass is 191 g/mol. The van der Waals surface area contributed by atoms with Crippen LogP contribution in [0.2, 0.25) is 0 Å². The predicted octanol–water partition coefficient (Wildman–Crippen LogP) is 1.60. The predicted molar refractivity (Wildman–Crippen MR) is 51.0 cm³/mol. The van der Waals surface area contributed by atoms with Gasteiger partial charge in [-0.15, -0.1) is 0 Å². The third kappa shape index (κ3) is 1.65. The van der Waals surface area contributed by atoms with Crippen molar-refractivity contribution in [2.24, 2.45) is 5.73 Å². The van der Waals surface area contributed by atoms with E-state index in [-0.39, 0.29) is 11.9 Å². The van der Waals surface area contributed by atoms with E-state index in [1.165, 1.54) is 12.1 Å². The van der Waals surface area contributed by atoms with E-state index in [1.54, 1.807) is 24.4 Å². The van der Waals surface area contributed by atoms with E-state index >= 15 is 0 Å². The van der Waals surface area contributed by atoms with Crippen molar-refractivity contribution in [1.29, 1.82) is 0 Å². The molecule has 14 heavy (non-hydrogen) atoms. The normalized spacial score (nSPS) is 12.7. The van der Waals surface area contributed by atoms with Gasteiger partial charge in [-0.3, -0.25) is 5.10 Å². The number of nitrogens with two attached hydrogens (primary N) is 1. The Balaban J connectivity index is 2.28. The van der Waals surface area contributed by atoms with Gasteiger partial charge in [0.25, 0.3) is 0 Å². The maximum absolute atomic E-state index is 12.6. The molecule has 1 atom stereocenters. The second-order valence-electron chi connectivity index (χ2n) is 3.04. The van der Waals surface area contributed by atoms with Crippen molar-refractivity contribution in [1.82, 2.24) is 10.2 Å². The molecule has 0 spiro atoms. The van der Waals surface area contributed by atoms with E-state index in [1.807, 2.05) is 0 Å². The Morgan fingerprint density at radius 1 is 1.21 bits per heavy atom. The summed E-state index contributed by atoms with van der Waals surface area (Å²) in [5.74, 6) is -0.259. The first kappa shape index (κ1) is 8.90. The Bertz CT molecular complexity index is 394. The van der Waals surface area contributed by atoms with Gasteiger partial charge in [0.05, 0.1) is 11.7 Å². The summed E-state index contributed by atoms with van der Waals surface area (Å²) < 4.78 is 12.6. The highest BCUT2D eigenvalue weighted by atomic mass is 19.1. The highest BCUT2D eigenvalue weighted by Crippen LogP contribution is 2.16. The summed E-state index contributed by atoms with van der Waals surface area (Å²) in [6.45, 7) is 0. The second kappa shape index (κ2) is 3.59. The summed E-state index contributed by atoms with van der Waals surface area (Å²) in [6.07, 6.45) is 1.64. The molecule has 0 radical (unpaired) electrons. The van der Waals surface area contributed by atoms with Crippen molar-refractivity contribution in [3.63, 3.8) is 0 Å². The molecule has 0 bridgehead atoms. The smallest absolute Gasteiger partial charge is 0.123 e. The molecule has 3 N–H and O–H groups in total. The van der Waals surface area contributed by atoms with Crippen LogP contribution in [-0.2, 0) is 0 Å². The SMILES string of the molecule is NC(c1ccc(F)cc1)c1ccn[nH]1. The highest BCUT2D eigenvalue weighted by Gasteiger charge is 2.09. The molecule has 0 aliphatic heterocycles. The fraction of sp³-hybridized carbons (Fsp3) is 0.100. The van der Waals surface area contributed by atoms with E-state index in [4.69, 9.17) is 5.73 Å². The largest absolute Gasteiger partial charge is 0.319 e. The lowest BCUT2D eigenvalue weighted by Gasteiger charge is -2.08. The number of H-pyrrole nitrogens is 1. The van der Waals surface area contributed by atoms with Crippen LogP contribution in [0.1, 0.15) is 17.3 Å². The topological polar surface area (TPSA) is 54.7 Å². The van der Waals surface area contributed by atoms with Gasteiger partial charge in [-0.1, -0.05) is 12.1 Å². The van der Waals surface area contributed by atoms with Crippen molar-refractivity contribution in [2.45, 2.75) is 6.04 Å². The van der Waals surface area contributed by atoms with E-state index in [2.05, 4.69) is 10.2 Å².